The average molecular weight is 380 g/mol. The number of hydrogen-bond donors (Lipinski definition) is 3. The molecule has 0 radical (unpaired) electrons. The second-order valence-corrected chi connectivity index (χ2v) is 7.28. The molecule has 1 unspecified atom stereocenters. The summed E-state index contributed by atoms with van der Waals surface area (Å²) in [7, 11) is 0. The zero-order chi connectivity index (χ0) is 20.0. The molecule has 1 aliphatic heterocycles. The van der Waals surface area contributed by atoms with Crippen molar-refractivity contribution >= 4 is 23.2 Å². The van der Waals surface area contributed by atoms with Crippen molar-refractivity contribution in [3.8, 4) is 0 Å². The molecule has 0 bridgehead atoms. The Morgan fingerprint density at radius 2 is 1.96 bits per heavy atom. The van der Waals surface area contributed by atoms with Gasteiger partial charge in [0.15, 0.2) is 0 Å². The lowest BCUT2D eigenvalue weighted by Crippen LogP contribution is -2.50. The number of carbonyl (C=O) groups excluding carboxylic acids is 2. The van der Waals surface area contributed by atoms with Gasteiger partial charge in [0.05, 0.1) is 12.1 Å². The van der Waals surface area contributed by atoms with Crippen molar-refractivity contribution in [3.05, 3.63) is 60.2 Å². The number of primary amides is 1. The van der Waals surface area contributed by atoms with Gasteiger partial charge in [-0.3, -0.25) is 9.59 Å². The highest BCUT2D eigenvalue weighted by atomic mass is 16.2. The van der Waals surface area contributed by atoms with Gasteiger partial charge in [0, 0.05) is 17.9 Å². The highest BCUT2D eigenvalue weighted by Crippen LogP contribution is 2.26. The van der Waals surface area contributed by atoms with Crippen LogP contribution in [0.1, 0.15) is 31.7 Å². The van der Waals surface area contributed by atoms with E-state index in [2.05, 4.69) is 10.6 Å². The van der Waals surface area contributed by atoms with E-state index in [1.807, 2.05) is 66.4 Å². The molecule has 0 aromatic heterocycles. The minimum Gasteiger partial charge on any atom is -0.368 e. The fourth-order valence-electron chi connectivity index (χ4n) is 3.72. The third-order valence-electron chi connectivity index (χ3n) is 5.31. The van der Waals surface area contributed by atoms with Crippen LogP contribution < -0.4 is 21.3 Å². The molecule has 1 atom stereocenters. The quantitative estimate of drug-likeness (QED) is 0.657. The SMILES string of the molecule is CCC1(C(=O)Nc2cccc(N(CC(N)=O)Cc3ccccc3)c2)CCCN1. The second kappa shape index (κ2) is 8.89. The smallest absolute Gasteiger partial charge is 0.244 e. The van der Waals surface area contributed by atoms with Crippen molar-refractivity contribution in [1.82, 2.24) is 5.32 Å². The van der Waals surface area contributed by atoms with E-state index in [1.54, 1.807) is 0 Å². The van der Waals surface area contributed by atoms with E-state index < -0.39 is 11.4 Å². The summed E-state index contributed by atoms with van der Waals surface area (Å²) < 4.78 is 0. The van der Waals surface area contributed by atoms with Crippen molar-refractivity contribution in [3.63, 3.8) is 0 Å². The standard InChI is InChI=1S/C22H28N4O2/c1-2-22(12-7-13-24-22)21(28)25-18-10-6-11-19(14-18)26(16-20(23)27)15-17-8-4-3-5-9-17/h3-6,8-11,14,24H,2,7,12-13,15-16H2,1H3,(H2,23,27)(H,25,28). The Morgan fingerprint density at radius 1 is 1.18 bits per heavy atom. The summed E-state index contributed by atoms with van der Waals surface area (Å²) in [6.07, 6.45) is 2.60. The number of nitrogens with one attached hydrogen (secondary N) is 2. The Kier molecular flexibility index (Phi) is 6.31. The van der Waals surface area contributed by atoms with Gasteiger partial charge in [-0.2, -0.15) is 0 Å². The van der Waals surface area contributed by atoms with E-state index in [-0.39, 0.29) is 12.5 Å². The van der Waals surface area contributed by atoms with Crippen LogP contribution >= 0.6 is 0 Å². The highest BCUT2D eigenvalue weighted by molar-refractivity contribution is 5.98. The van der Waals surface area contributed by atoms with Gasteiger partial charge in [0.1, 0.15) is 0 Å². The molecule has 6 nitrogen and oxygen atoms in total. The number of carbonyl (C=O) groups is 2. The van der Waals surface area contributed by atoms with Gasteiger partial charge in [-0.25, -0.2) is 0 Å². The molecule has 1 fully saturated rings. The number of amides is 2. The van der Waals surface area contributed by atoms with Gasteiger partial charge in [-0.15, -0.1) is 0 Å². The van der Waals surface area contributed by atoms with Crippen LogP contribution in [0.5, 0.6) is 0 Å². The molecule has 1 aliphatic rings. The molecule has 0 aliphatic carbocycles. The molecule has 2 aromatic rings. The first-order valence-corrected chi connectivity index (χ1v) is 9.76. The minimum absolute atomic E-state index is 0.00541. The minimum atomic E-state index is -0.493. The molecule has 1 saturated heterocycles. The largest absolute Gasteiger partial charge is 0.368 e. The molecular formula is C22H28N4O2. The molecule has 1 heterocycles. The van der Waals surface area contributed by atoms with E-state index in [0.29, 0.717) is 12.2 Å². The molecule has 3 rings (SSSR count). The molecule has 4 N–H and O–H groups in total. The van der Waals surface area contributed by atoms with Crippen LogP contribution in [0.15, 0.2) is 54.6 Å². The van der Waals surface area contributed by atoms with Crippen LogP contribution in [-0.4, -0.2) is 30.4 Å². The first-order chi connectivity index (χ1) is 13.5. The Labute approximate surface area is 166 Å². The van der Waals surface area contributed by atoms with Gasteiger partial charge in [0.2, 0.25) is 11.8 Å². The van der Waals surface area contributed by atoms with Gasteiger partial charge in [-0.1, -0.05) is 43.3 Å². The van der Waals surface area contributed by atoms with Crippen molar-refractivity contribution in [1.29, 1.82) is 0 Å². The zero-order valence-corrected chi connectivity index (χ0v) is 16.3. The monoisotopic (exact) mass is 380 g/mol. The lowest BCUT2D eigenvalue weighted by molar-refractivity contribution is -0.122. The lowest BCUT2D eigenvalue weighted by Gasteiger charge is -2.27. The van der Waals surface area contributed by atoms with Crippen LogP contribution in [0.2, 0.25) is 0 Å². The summed E-state index contributed by atoms with van der Waals surface area (Å²) in [5.41, 5.74) is 7.60. The van der Waals surface area contributed by atoms with E-state index >= 15 is 0 Å². The Morgan fingerprint density at radius 3 is 2.61 bits per heavy atom. The summed E-state index contributed by atoms with van der Waals surface area (Å²) in [4.78, 5) is 26.4. The molecular weight excluding hydrogens is 352 g/mol. The molecule has 0 spiro atoms. The molecule has 2 amide bonds. The van der Waals surface area contributed by atoms with Gasteiger partial charge >= 0.3 is 0 Å². The molecule has 6 heteroatoms. The number of anilines is 2. The summed E-state index contributed by atoms with van der Waals surface area (Å²) >= 11 is 0. The van der Waals surface area contributed by atoms with E-state index in [1.165, 1.54) is 0 Å². The number of benzene rings is 2. The predicted molar refractivity (Wildman–Crippen MR) is 112 cm³/mol. The van der Waals surface area contributed by atoms with Gasteiger partial charge < -0.3 is 21.3 Å². The normalized spacial score (nSPS) is 18.6. The Bertz CT molecular complexity index is 816. The average Bonchev–Trinajstić information content (AvgIpc) is 3.19. The molecule has 28 heavy (non-hydrogen) atoms. The van der Waals surface area contributed by atoms with Crippen LogP contribution in [0, 0.1) is 0 Å². The molecule has 0 saturated carbocycles. The lowest BCUT2D eigenvalue weighted by atomic mass is 9.93. The first kappa shape index (κ1) is 19.9. The van der Waals surface area contributed by atoms with E-state index in [9.17, 15) is 9.59 Å². The third-order valence-corrected chi connectivity index (χ3v) is 5.31. The summed E-state index contributed by atoms with van der Waals surface area (Å²) in [5.74, 6) is -0.403. The van der Waals surface area contributed by atoms with Gasteiger partial charge in [0.25, 0.3) is 0 Å². The van der Waals surface area contributed by atoms with E-state index in [0.717, 1.165) is 37.1 Å². The van der Waals surface area contributed by atoms with Crippen molar-refractivity contribution in [2.24, 2.45) is 5.73 Å². The highest BCUT2D eigenvalue weighted by Gasteiger charge is 2.39. The van der Waals surface area contributed by atoms with Crippen LogP contribution in [0.4, 0.5) is 11.4 Å². The maximum absolute atomic E-state index is 12.9. The third kappa shape index (κ3) is 4.70. The maximum Gasteiger partial charge on any atom is 0.244 e. The fourth-order valence-corrected chi connectivity index (χ4v) is 3.72. The second-order valence-electron chi connectivity index (χ2n) is 7.28. The number of hydrogen-bond acceptors (Lipinski definition) is 4. The first-order valence-electron chi connectivity index (χ1n) is 9.76. The van der Waals surface area contributed by atoms with Crippen molar-refractivity contribution < 1.29 is 9.59 Å². The molecule has 148 valence electrons. The number of nitrogens with two attached hydrogens (primary N) is 1. The maximum atomic E-state index is 12.9. The van der Waals surface area contributed by atoms with Crippen molar-refractivity contribution in [2.75, 3.05) is 23.3 Å². The van der Waals surface area contributed by atoms with Crippen molar-refractivity contribution in [2.45, 2.75) is 38.3 Å². The topological polar surface area (TPSA) is 87.5 Å². The van der Waals surface area contributed by atoms with E-state index in [4.69, 9.17) is 5.73 Å². The summed E-state index contributed by atoms with van der Waals surface area (Å²) in [6.45, 7) is 3.56. The number of nitrogens with zero attached hydrogens (tertiary/aromatic N) is 1. The predicted octanol–water partition coefficient (Wildman–Crippen LogP) is 2.65. The fraction of sp³-hybridized carbons (Fsp3) is 0.364. The Hall–Kier alpha value is -2.86. The summed E-state index contributed by atoms with van der Waals surface area (Å²) in [5, 5.41) is 6.40. The van der Waals surface area contributed by atoms with Crippen LogP contribution in [-0.2, 0) is 16.1 Å². The number of rotatable bonds is 8. The zero-order valence-electron chi connectivity index (χ0n) is 16.3. The van der Waals surface area contributed by atoms with Crippen LogP contribution in [0.3, 0.4) is 0 Å². The molecule has 2 aromatic carbocycles. The van der Waals surface area contributed by atoms with Crippen LogP contribution in [0.25, 0.3) is 0 Å². The Balaban J connectivity index is 1.79. The summed E-state index contributed by atoms with van der Waals surface area (Å²) in [6, 6.07) is 17.5. The van der Waals surface area contributed by atoms with Gasteiger partial charge in [-0.05, 0) is 49.6 Å².